The second-order valence-electron chi connectivity index (χ2n) is 5.54. The first-order valence-corrected chi connectivity index (χ1v) is 8.55. The van der Waals surface area contributed by atoms with E-state index in [0.29, 0.717) is 5.11 Å². The molecule has 1 atom stereocenters. The third kappa shape index (κ3) is 3.07. The summed E-state index contributed by atoms with van der Waals surface area (Å²) in [5.74, 6) is 1.46. The van der Waals surface area contributed by atoms with E-state index in [2.05, 4.69) is 26.7 Å². The van der Waals surface area contributed by atoms with Crippen molar-refractivity contribution in [3.05, 3.63) is 52.5 Å². The third-order valence-corrected chi connectivity index (χ3v) is 4.74. The van der Waals surface area contributed by atoms with E-state index in [1.54, 1.807) is 14.2 Å². The van der Waals surface area contributed by atoms with Gasteiger partial charge in [-0.3, -0.25) is 0 Å². The second kappa shape index (κ2) is 6.58. The topological polar surface area (TPSA) is 45.8 Å². The van der Waals surface area contributed by atoms with Crippen LogP contribution in [0.1, 0.15) is 12.5 Å². The summed E-state index contributed by atoms with van der Waals surface area (Å²) in [6.45, 7) is 2.02. The Morgan fingerprint density at radius 1 is 1.08 bits per heavy atom. The average molecular weight is 408 g/mol. The van der Waals surface area contributed by atoms with Crippen LogP contribution in [0.15, 0.2) is 46.9 Å². The van der Waals surface area contributed by atoms with Gasteiger partial charge in [0.05, 0.1) is 19.9 Å². The Morgan fingerprint density at radius 3 is 2.42 bits per heavy atom. The standard InChI is InChI=1S/C17H18BrN3O2S/c1-17(14-9-8-13(22-2)10-15(14)23-3)19-16(24)21(20-17)12-6-4-11(18)5-7-12/h4-10,20H,1-3H3,(H,19,24)/t17-/m0/s1. The number of benzene rings is 2. The number of nitrogens with one attached hydrogen (secondary N) is 2. The molecule has 0 bridgehead atoms. The molecule has 0 aromatic heterocycles. The van der Waals surface area contributed by atoms with Gasteiger partial charge in [-0.15, -0.1) is 0 Å². The van der Waals surface area contributed by atoms with Crippen molar-refractivity contribution in [1.82, 2.24) is 10.7 Å². The maximum Gasteiger partial charge on any atom is 0.190 e. The molecular weight excluding hydrogens is 390 g/mol. The molecule has 1 heterocycles. The van der Waals surface area contributed by atoms with Gasteiger partial charge in [-0.05, 0) is 55.5 Å². The van der Waals surface area contributed by atoms with Crippen molar-refractivity contribution in [1.29, 1.82) is 0 Å². The number of halogens is 1. The molecule has 0 saturated carbocycles. The molecule has 2 aromatic rings. The Bertz CT molecular complexity index is 769. The summed E-state index contributed by atoms with van der Waals surface area (Å²) >= 11 is 8.95. The van der Waals surface area contributed by atoms with Gasteiger partial charge in [-0.25, -0.2) is 5.01 Å². The van der Waals surface area contributed by atoms with Crippen molar-refractivity contribution in [3.63, 3.8) is 0 Å². The van der Waals surface area contributed by atoms with Crippen LogP contribution in [0.25, 0.3) is 0 Å². The molecule has 2 aromatic carbocycles. The predicted molar refractivity (Wildman–Crippen MR) is 102 cm³/mol. The van der Waals surface area contributed by atoms with Gasteiger partial charge in [0.15, 0.2) is 5.11 Å². The Kier molecular flexibility index (Phi) is 4.67. The van der Waals surface area contributed by atoms with Crippen molar-refractivity contribution < 1.29 is 9.47 Å². The summed E-state index contributed by atoms with van der Waals surface area (Å²) in [6, 6.07) is 13.6. The number of methoxy groups -OCH3 is 2. The summed E-state index contributed by atoms with van der Waals surface area (Å²) in [4.78, 5) is 0. The summed E-state index contributed by atoms with van der Waals surface area (Å²) in [7, 11) is 3.27. The van der Waals surface area contributed by atoms with Crippen LogP contribution in [0.3, 0.4) is 0 Å². The third-order valence-electron chi connectivity index (χ3n) is 3.93. The van der Waals surface area contributed by atoms with E-state index >= 15 is 0 Å². The van der Waals surface area contributed by atoms with Gasteiger partial charge in [0.1, 0.15) is 17.2 Å². The molecule has 24 heavy (non-hydrogen) atoms. The summed E-state index contributed by atoms with van der Waals surface area (Å²) < 4.78 is 11.8. The minimum absolute atomic E-state index is 0.595. The highest BCUT2D eigenvalue weighted by Gasteiger charge is 2.40. The first-order chi connectivity index (χ1) is 11.5. The molecule has 5 nitrogen and oxygen atoms in total. The maximum atomic E-state index is 5.53. The lowest BCUT2D eigenvalue weighted by molar-refractivity contribution is 0.345. The predicted octanol–water partition coefficient (Wildman–Crippen LogP) is 3.54. The number of rotatable bonds is 4. The molecule has 1 aliphatic rings. The molecule has 126 valence electrons. The average Bonchev–Trinajstić information content (AvgIpc) is 2.90. The lowest BCUT2D eigenvalue weighted by atomic mass is 10.0. The van der Waals surface area contributed by atoms with Crippen LogP contribution in [0, 0.1) is 0 Å². The van der Waals surface area contributed by atoms with Crippen molar-refractivity contribution in [2.45, 2.75) is 12.6 Å². The second-order valence-corrected chi connectivity index (χ2v) is 6.85. The fourth-order valence-electron chi connectivity index (χ4n) is 2.68. The largest absolute Gasteiger partial charge is 0.497 e. The van der Waals surface area contributed by atoms with Gasteiger partial charge in [-0.1, -0.05) is 15.9 Å². The van der Waals surface area contributed by atoms with Gasteiger partial charge < -0.3 is 14.8 Å². The molecule has 2 N–H and O–H groups in total. The highest BCUT2D eigenvalue weighted by molar-refractivity contribution is 9.10. The zero-order valence-electron chi connectivity index (χ0n) is 13.6. The molecule has 1 saturated heterocycles. The molecule has 0 amide bonds. The van der Waals surface area contributed by atoms with Crippen LogP contribution in [-0.2, 0) is 5.66 Å². The molecular formula is C17H18BrN3O2S. The molecule has 0 aliphatic carbocycles. The smallest absolute Gasteiger partial charge is 0.190 e. The van der Waals surface area contributed by atoms with Crippen LogP contribution < -0.4 is 25.2 Å². The van der Waals surface area contributed by atoms with Crippen LogP contribution >= 0.6 is 28.1 Å². The van der Waals surface area contributed by atoms with Crippen molar-refractivity contribution in [2.75, 3.05) is 19.2 Å². The minimum atomic E-state index is -0.595. The Balaban J connectivity index is 1.95. The van der Waals surface area contributed by atoms with Crippen LogP contribution in [0.2, 0.25) is 0 Å². The minimum Gasteiger partial charge on any atom is -0.497 e. The number of anilines is 1. The molecule has 0 radical (unpaired) electrons. The first-order valence-electron chi connectivity index (χ1n) is 7.35. The lowest BCUT2D eigenvalue weighted by Crippen LogP contribution is -2.46. The molecule has 7 heteroatoms. The van der Waals surface area contributed by atoms with Gasteiger partial charge >= 0.3 is 0 Å². The van der Waals surface area contributed by atoms with Gasteiger partial charge in [0.2, 0.25) is 0 Å². The number of hydrazine groups is 1. The molecule has 0 spiro atoms. The molecule has 0 unspecified atom stereocenters. The summed E-state index contributed by atoms with van der Waals surface area (Å²) in [5.41, 5.74) is 4.72. The van der Waals surface area contributed by atoms with Crippen LogP contribution in [0.5, 0.6) is 11.5 Å². The SMILES string of the molecule is COc1ccc([C@@]2(C)NC(=S)N(c3ccc(Br)cc3)N2)c(OC)c1. The zero-order valence-corrected chi connectivity index (χ0v) is 16.0. The molecule has 1 fully saturated rings. The number of hydrogen-bond acceptors (Lipinski definition) is 4. The zero-order chi connectivity index (χ0) is 17.3. The van der Waals surface area contributed by atoms with E-state index in [9.17, 15) is 0 Å². The Hall–Kier alpha value is -1.83. The highest BCUT2D eigenvalue weighted by Crippen LogP contribution is 2.35. The van der Waals surface area contributed by atoms with Gasteiger partial charge in [0.25, 0.3) is 0 Å². The Morgan fingerprint density at radius 2 is 1.79 bits per heavy atom. The fraction of sp³-hybridized carbons (Fsp3) is 0.235. The fourth-order valence-corrected chi connectivity index (χ4v) is 3.30. The van der Waals surface area contributed by atoms with E-state index in [0.717, 1.165) is 27.2 Å². The van der Waals surface area contributed by atoms with Crippen molar-refractivity contribution in [2.24, 2.45) is 0 Å². The number of hydrogen-bond donors (Lipinski definition) is 2. The lowest BCUT2D eigenvalue weighted by Gasteiger charge is -2.27. The first kappa shape index (κ1) is 17.0. The van der Waals surface area contributed by atoms with Crippen molar-refractivity contribution in [3.8, 4) is 11.5 Å². The molecule has 3 rings (SSSR count). The van der Waals surface area contributed by atoms with Gasteiger partial charge in [0, 0.05) is 16.1 Å². The quantitative estimate of drug-likeness (QED) is 0.755. The highest BCUT2D eigenvalue weighted by atomic mass is 79.9. The molecule has 1 aliphatic heterocycles. The van der Waals surface area contributed by atoms with Gasteiger partial charge in [-0.2, -0.15) is 5.43 Å². The normalized spacial score (nSPS) is 20.0. The summed E-state index contributed by atoms with van der Waals surface area (Å²) in [5, 5.41) is 5.78. The van der Waals surface area contributed by atoms with Crippen LogP contribution in [-0.4, -0.2) is 19.3 Å². The van der Waals surface area contributed by atoms with E-state index in [1.165, 1.54) is 0 Å². The maximum absolute atomic E-state index is 5.53. The Labute approximate surface area is 155 Å². The van der Waals surface area contributed by atoms with Crippen molar-refractivity contribution >= 4 is 38.9 Å². The van der Waals surface area contributed by atoms with E-state index in [-0.39, 0.29) is 0 Å². The number of thiocarbonyl (C=S) groups is 1. The van der Waals surface area contributed by atoms with E-state index in [1.807, 2.05) is 54.4 Å². The van der Waals surface area contributed by atoms with E-state index in [4.69, 9.17) is 21.7 Å². The number of ether oxygens (including phenoxy) is 2. The van der Waals surface area contributed by atoms with Crippen LogP contribution in [0.4, 0.5) is 5.69 Å². The summed E-state index contributed by atoms with van der Waals surface area (Å²) in [6.07, 6.45) is 0. The van der Waals surface area contributed by atoms with E-state index < -0.39 is 5.66 Å². The number of nitrogens with zero attached hydrogens (tertiary/aromatic N) is 1. The monoisotopic (exact) mass is 407 g/mol.